The third-order valence-electron chi connectivity index (χ3n) is 2.41. The molecule has 0 saturated carbocycles. The van der Waals surface area contributed by atoms with Crippen LogP contribution in [0.15, 0.2) is 58.8 Å². The first-order valence-corrected chi connectivity index (χ1v) is 5.36. The molecule has 1 aliphatic rings. The first kappa shape index (κ1) is 10.7. The van der Waals surface area contributed by atoms with E-state index < -0.39 is 0 Å². The molecule has 81 valence electrons. The Balaban J connectivity index is 1.95. The number of aliphatic imine (C=N–C) groups is 1. The van der Waals surface area contributed by atoms with E-state index in [1.807, 2.05) is 49.0 Å². The Kier molecular flexibility index (Phi) is 3.54. The summed E-state index contributed by atoms with van der Waals surface area (Å²) in [4.78, 5) is 4.32. The summed E-state index contributed by atoms with van der Waals surface area (Å²) in [7, 11) is 0. The van der Waals surface area contributed by atoms with Gasteiger partial charge in [0.25, 0.3) is 0 Å². The molecule has 0 aliphatic heterocycles. The van der Waals surface area contributed by atoms with Crippen LogP contribution in [-0.2, 0) is 0 Å². The molecule has 1 radical (unpaired) electrons. The van der Waals surface area contributed by atoms with E-state index in [1.54, 1.807) is 6.08 Å². The minimum atomic E-state index is 0.353. The average molecular weight is 212 g/mol. The molecular formula is C14H14NO. The molecule has 1 N–H and O–H groups in total. The molecule has 0 spiro atoms. The van der Waals surface area contributed by atoms with Gasteiger partial charge in [0, 0.05) is 12.6 Å². The van der Waals surface area contributed by atoms with Crippen LogP contribution in [0.5, 0.6) is 0 Å². The van der Waals surface area contributed by atoms with Gasteiger partial charge >= 0.3 is 0 Å². The van der Waals surface area contributed by atoms with Gasteiger partial charge in [0.1, 0.15) is 5.76 Å². The van der Waals surface area contributed by atoms with Crippen molar-refractivity contribution in [2.75, 3.05) is 0 Å². The van der Waals surface area contributed by atoms with Gasteiger partial charge in [0.15, 0.2) is 0 Å². The maximum absolute atomic E-state index is 9.57. The van der Waals surface area contributed by atoms with E-state index in [-0.39, 0.29) is 0 Å². The highest BCUT2D eigenvalue weighted by Crippen LogP contribution is 2.18. The van der Waals surface area contributed by atoms with Gasteiger partial charge in [-0.2, -0.15) is 0 Å². The molecule has 0 aromatic heterocycles. The van der Waals surface area contributed by atoms with E-state index in [2.05, 4.69) is 4.99 Å². The van der Waals surface area contributed by atoms with Crippen LogP contribution in [0.1, 0.15) is 12.8 Å². The van der Waals surface area contributed by atoms with Gasteiger partial charge in [-0.1, -0.05) is 24.3 Å². The summed E-state index contributed by atoms with van der Waals surface area (Å²) < 4.78 is 0. The second-order valence-electron chi connectivity index (χ2n) is 3.60. The summed E-state index contributed by atoms with van der Waals surface area (Å²) in [6.45, 7) is 0. The number of nitrogens with zero attached hydrogens (tertiary/aromatic N) is 1. The van der Waals surface area contributed by atoms with Crippen molar-refractivity contribution in [3.05, 3.63) is 60.2 Å². The van der Waals surface area contributed by atoms with Gasteiger partial charge in [-0.15, -0.1) is 0 Å². The van der Waals surface area contributed by atoms with Gasteiger partial charge < -0.3 is 5.11 Å². The highest BCUT2D eigenvalue weighted by molar-refractivity contribution is 5.67. The molecule has 0 fully saturated rings. The minimum Gasteiger partial charge on any atom is -0.508 e. The van der Waals surface area contributed by atoms with Crippen LogP contribution in [-0.4, -0.2) is 11.3 Å². The molecule has 0 atom stereocenters. The zero-order valence-electron chi connectivity index (χ0n) is 9.00. The van der Waals surface area contributed by atoms with Crippen molar-refractivity contribution < 1.29 is 5.11 Å². The van der Waals surface area contributed by atoms with Crippen molar-refractivity contribution in [3.63, 3.8) is 0 Å². The second-order valence-corrected chi connectivity index (χ2v) is 3.60. The number of allylic oxidation sites excluding steroid dienone is 3. The Hall–Kier alpha value is -1.83. The topological polar surface area (TPSA) is 32.6 Å². The smallest absolute Gasteiger partial charge is 0.115 e. The third kappa shape index (κ3) is 2.83. The lowest BCUT2D eigenvalue weighted by molar-refractivity contribution is 0.419. The molecule has 1 aromatic carbocycles. The Morgan fingerprint density at radius 2 is 2.06 bits per heavy atom. The van der Waals surface area contributed by atoms with Gasteiger partial charge in [0.2, 0.25) is 0 Å². The summed E-state index contributed by atoms with van der Waals surface area (Å²) in [6, 6.07) is 9.79. The third-order valence-corrected chi connectivity index (χ3v) is 2.41. The van der Waals surface area contributed by atoms with Crippen molar-refractivity contribution in [3.8, 4) is 0 Å². The van der Waals surface area contributed by atoms with Crippen LogP contribution >= 0.6 is 0 Å². The number of rotatable bonds is 3. The Morgan fingerprint density at radius 1 is 1.25 bits per heavy atom. The van der Waals surface area contributed by atoms with Crippen LogP contribution in [0.2, 0.25) is 0 Å². The van der Waals surface area contributed by atoms with Crippen molar-refractivity contribution >= 4 is 11.9 Å². The standard InChI is InChI=1S/C14H14NO/c16-14-9-5-4-6-12(14)10-11-15-13-7-2-1-3-8-13/h1-3,5-9,11,16H,4,10H2. The van der Waals surface area contributed by atoms with E-state index in [0.717, 1.165) is 17.7 Å². The van der Waals surface area contributed by atoms with Crippen molar-refractivity contribution in [1.29, 1.82) is 0 Å². The van der Waals surface area contributed by atoms with Gasteiger partial charge in [0.05, 0.1) is 5.69 Å². The van der Waals surface area contributed by atoms with Gasteiger partial charge in [-0.25, -0.2) is 0 Å². The fraction of sp³-hybridized carbons (Fsp3) is 0.143. The normalized spacial score (nSPS) is 16.0. The SMILES string of the molecule is OC1=C[CH]CC=C1CC=Nc1ccccc1. The molecule has 2 rings (SSSR count). The zero-order valence-corrected chi connectivity index (χ0v) is 9.00. The summed E-state index contributed by atoms with van der Waals surface area (Å²) in [5.41, 5.74) is 1.89. The lowest BCUT2D eigenvalue weighted by atomic mass is 10.0. The number of para-hydroxylation sites is 1. The Morgan fingerprint density at radius 3 is 2.81 bits per heavy atom. The van der Waals surface area contributed by atoms with Crippen LogP contribution in [0.25, 0.3) is 0 Å². The van der Waals surface area contributed by atoms with Crippen LogP contribution in [0, 0.1) is 6.42 Å². The second kappa shape index (κ2) is 5.31. The first-order chi connectivity index (χ1) is 7.86. The first-order valence-electron chi connectivity index (χ1n) is 5.36. The molecule has 1 aromatic rings. The number of aliphatic hydroxyl groups excluding tert-OH is 1. The average Bonchev–Trinajstić information content (AvgIpc) is 2.33. The van der Waals surface area contributed by atoms with Gasteiger partial charge in [-0.3, -0.25) is 4.99 Å². The number of hydrogen-bond donors (Lipinski definition) is 1. The summed E-state index contributed by atoms with van der Waals surface area (Å²) in [5.74, 6) is 0.353. The van der Waals surface area contributed by atoms with Crippen LogP contribution in [0.3, 0.4) is 0 Å². The molecule has 0 heterocycles. The Labute approximate surface area is 95.7 Å². The fourth-order valence-corrected chi connectivity index (χ4v) is 1.55. The van der Waals surface area contributed by atoms with Gasteiger partial charge in [-0.05, 0) is 36.6 Å². The summed E-state index contributed by atoms with van der Waals surface area (Å²) >= 11 is 0. The Bertz CT molecular complexity index is 429. The molecule has 2 heteroatoms. The summed E-state index contributed by atoms with van der Waals surface area (Å²) in [5, 5.41) is 9.57. The highest BCUT2D eigenvalue weighted by Gasteiger charge is 2.05. The molecule has 1 aliphatic carbocycles. The van der Waals surface area contributed by atoms with Crippen LogP contribution in [0.4, 0.5) is 5.69 Å². The van der Waals surface area contributed by atoms with E-state index >= 15 is 0 Å². The lowest BCUT2D eigenvalue weighted by Crippen LogP contribution is -1.95. The quantitative estimate of drug-likeness (QED) is 0.760. The van der Waals surface area contributed by atoms with E-state index in [1.165, 1.54) is 0 Å². The molecule has 0 amide bonds. The monoisotopic (exact) mass is 212 g/mol. The van der Waals surface area contributed by atoms with E-state index in [0.29, 0.717) is 12.2 Å². The predicted octanol–water partition coefficient (Wildman–Crippen LogP) is 3.76. The number of benzene rings is 1. The molecule has 0 bridgehead atoms. The maximum Gasteiger partial charge on any atom is 0.115 e. The maximum atomic E-state index is 9.57. The highest BCUT2D eigenvalue weighted by atomic mass is 16.3. The van der Waals surface area contributed by atoms with Crippen LogP contribution < -0.4 is 0 Å². The summed E-state index contributed by atoms with van der Waals surface area (Å²) in [6.07, 6.45) is 9.09. The zero-order chi connectivity index (χ0) is 11.2. The van der Waals surface area contributed by atoms with E-state index in [4.69, 9.17) is 0 Å². The number of hydrogen-bond acceptors (Lipinski definition) is 2. The molecule has 0 saturated heterocycles. The van der Waals surface area contributed by atoms with Crippen molar-refractivity contribution in [1.82, 2.24) is 0 Å². The fourth-order valence-electron chi connectivity index (χ4n) is 1.55. The molecular weight excluding hydrogens is 198 g/mol. The van der Waals surface area contributed by atoms with E-state index in [9.17, 15) is 5.11 Å². The molecule has 16 heavy (non-hydrogen) atoms. The lowest BCUT2D eigenvalue weighted by Gasteiger charge is -2.07. The van der Waals surface area contributed by atoms with Crippen molar-refractivity contribution in [2.45, 2.75) is 12.8 Å². The molecule has 2 nitrogen and oxygen atoms in total. The minimum absolute atomic E-state index is 0.353. The largest absolute Gasteiger partial charge is 0.508 e. The predicted molar refractivity (Wildman–Crippen MR) is 66.9 cm³/mol. The number of aliphatic hydroxyl groups is 1. The molecule has 0 unspecified atom stereocenters. The van der Waals surface area contributed by atoms with Crippen molar-refractivity contribution in [2.24, 2.45) is 4.99 Å².